The number of hydrogen-bond donors (Lipinski definition) is 2. The first-order valence-electron chi connectivity index (χ1n) is 7.08. The van der Waals surface area contributed by atoms with E-state index < -0.39 is 10.2 Å². The van der Waals surface area contributed by atoms with E-state index in [1.54, 1.807) is 16.1 Å². The third-order valence-electron chi connectivity index (χ3n) is 3.28. The van der Waals surface area contributed by atoms with Crippen molar-refractivity contribution in [2.45, 2.75) is 38.6 Å². The highest BCUT2D eigenvalue weighted by Crippen LogP contribution is 2.19. The van der Waals surface area contributed by atoms with E-state index in [0.717, 1.165) is 44.5 Å². The Morgan fingerprint density at radius 3 is 2.79 bits per heavy atom. The van der Waals surface area contributed by atoms with Gasteiger partial charge in [-0.05, 0) is 32.1 Å². The maximum absolute atomic E-state index is 12.3. The molecule has 0 bridgehead atoms. The molecule has 0 radical (unpaired) electrons. The third-order valence-corrected chi connectivity index (χ3v) is 5.56. The van der Waals surface area contributed by atoms with Crippen LogP contribution < -0.4 is 10.0 Å². The van der Waals surface area contributed by atoms with Gasteiger partial charge in [-0.25, -0.2) is 4.72 Å². The van der Waals surface area contributed by atoms with Crippen LogP contribution in [-0.2, 0) is 10.2 Å². The van der Waals surface area contributed by atoms with E-state index in [0.29, 0.717) is 13.1 Å². The Morgan fingerprint density at radius 2 is 2.11 bits per heavy atom. The first-order chi connectivity index (χ1) is 9.11. The van der Waals surface area contributed by atoms with Crippen molar-refractivity contribution in [3.05, 3.63) is 0 Å². The number of hydrogen-bond acceptors (Lipinski definition) is 4. The van der Waals surface area contributed by atoms with Crippen LogP contribution in [0.25, 0.3) is 0 Å². The summed E-state index contributed by atoms with van der Waals surface area (Å²) in [4.78, 5) is 0. The SMILES string of the molecule is CCCNCC1CCCCN1S(=O)(=O)NCCSC. The quantitative estimate of drug-likeness (QED) is 0.625. The zero-order chi connectivity index (χ0) is 14.1. The molecule has 7 heteroatoms. The molecule has 0 aromatic rings. The number of piperidine rings is 1. The van der Waals surface area contributed by atoms with Crippen LogP contribution in [0.1, 0.15) is 32.6 Å². The molecule has 5 nitrogen and oxygen atoms in total. The van der Waals surface area contributed by atoms with Crippen molar-refractivity contribution < 1.29 is 8.42 Å². The molecular weight excluding hydrogens is 282 g/mol. The molecule has 0 aliphatic carbocycles. The Labute approximate surface area is 122 Å². The molecule has 0 aromatic carbocycles. The standard InChI is InChI=1S/C12H27N3O2S2/c1-3-7-13-11-12-6-4-5-9-15(12)19(16,17)14-8-10-18-2/h12-14H,3-11H2,1-2H3. The number of nitrogens with zero attached hydrogens (tertiary/aromatic N) is 1. The molecule has 1 fully saturated rings. The smallest absolute Gasteiger partial charge is 0.279 e. The fraction of sp³-hybridized carbons (Fsp3) is 1.00. The number of nitrogens with one attached hydrogen (secondary N) is 2. The van der Waals surface area contributed by atoms with Crippen molar-refractivity contribution >= 4 is 22.0 Å². The van der Waals surface area contributed by atoms with E-state index in [1.165, 1.54) is 0 Å². The summed E-state index contributed by atoms with van der Waals surface area (Å²) in [5, 5.41) is 3.34. The molecule has 0 amide bonds. The van der Waals surface area contributed by atoms with E-state index in [9.17, 15) is 8.42 Å². The van der Waals surface area contributed by atoms with Crippen molar-refractivity contribution in [1.82, 2.24) is 14.3 Å². The molecule has 0 spiro atoms. The average molecular weight is 310 g/mol. The maximum atomic E-state index is 12.3. The van der Waals surface area contributed by atoms with E-state index >= 15 is 0 Å². The Morgan fingerprint density at radius 1 is 1.32 bits per heavy atom. The molecule has 1 rings (SSSR count). The zero-order valence-electron chi connectivity index (χ0n) is 12.0. The van der Waals surface area contributed by atoms with Crippen LogP contribution in [-0.4, -0.2) is 57.0 Å². The molecular formula is C12H27N3O2S2. The lowest BCUT2D eigenvalue weighted by atomic mass is 10.1. The molecule has 1 atom stereocenters. The van der Waals surface area contributed by atoms with Crippen molar-refractivity contribution in [2.24, 2.45) is 0 Å². The fourth-order valence-electron chi connectivity index (χ4n) is 2.30. The van der Waals surface area contributed by atoms with Gasteiger partial charge in [-0.15, -0.1) is 0 Å². The van der Waals surface area contributed by atoms with Gasteiger partial charge in [0.2, 0.25) is 0 Å². The highest BCUT2D eigenvalue weighted by Gasteiger charge is 2.31. The van der Waals surface area contributed by atoms with Crippen LogP contribution in [0.5, 0.6) is 0 Å². The lowest BCUT2D eigenvalue weighted by molar-refractivity contribution is 0.243. The van der Waals surface area contributed by atoms with E-state index in [-0.39, 0.29) is 6.04 Å². The Balaban J connectivity index is 2.54. The molecule has 1 aliphatic rings. The highest BCUT2D eigenvalue weighted by molar-refractivity contribution is 7.98. The number of rotatable bonds is 9. The van der Waals surface area contributed by atoms with Gasteiger partial charge in [0.05, 0.1) is 0 Å². The lowest BCUT2D eigenvalue weighted by Gasteiger charge is -2.34. The van der Waals surface area contributed by atoms with Gasteiger partial charge in [0, 0.05) is 31.4 Å². The van der Waals surface area contributed by atoms with Gasteiger partial charge in [0.25, 0.3) is 10.2 Å². The lowest BCUT2D eigenvalue weighted by Crippen LogP contribution is -2.52. The summed E-state index contributed by atoms with van der Waals surface area (Å²) in [5.74, 6) is 0.811. The van der Waals surface area contributed by atoms with Crippen LogP contribution in [0, 0.1) is 0 Å². The third kappa shape index (κ3) is 5.99. The van der Waals surface area contributed by atoms with Crippen LogP contribution in [0.3, 0.4) is 0 Å². The minimum Gasteiger partial charge on any atom is -0.315 e. The van der Waals surface area contributed by atoms with Gasteiger partial charge in [-0.3, -0.25) is 0 Å². The van der Waals surface area contributed by atoms with Gasteiger partial charge in [-0.1, -0.05) is 13.3 Å². The van der Waals surface area contributed by atoms with E-state index in [1.807, 2.05) is 6.26 Å². The Hall–Kier alpha value is 0.180. The zero-order valence-corrected chi connectivity index (χ0v) is 13.7. The van der Waals surface area contributed by atoms with Crippen molar-refractivity contribution in [3.8, 4) is 0 Å². The summed E-state index contributed by atoms with van der Waals surface area (Å²) in [7, 11) is -3.31. The first kappa shape index (κ1) is 17.2. The topological polar surface area (TPSA) is 61.4 Å². The van der Waals surface area contributed by atoms with Crippen molar-refractivity contribution in [1.29, 1.82) is 0 Å². The van der Waals surface area contributed by atoms with Gasteiger partial charge in [-0.2, -0.15) is 24.5 Å². The van der Waals surface area contributed by atoms with Crippen molar-refractivity contribution in [3.63, 3.8) is 0 Å². The largest absolute Gasteiger partial charge is 0.315 e. The molecule has 1 saturated heterocycles. The molecule has 2 N–H and O–H groups in total. The predicted octanol–water partition coefficient (Wildman–Crippen LogP) is 1.04. The molecule has 1 unspecified atom stereocenters. The average Bonchev–Trinajstić information content (AvgIpc) is 2.40. The molecule has 19 heavy (non-hydrogen) atoms. The summed E-state index contributed by atoms with van der Waals surface area (Å²) < 4.78 is 28.9. The summed E-state index contributed by atoms with van der Waals surface area (Å²) in [6.07, 6.45) is 6.10. The minimum absolute atomic E-state index is 0.104. The Kier molecular flexibility index (Phi) is 8.32. The summed E-state index contributed by atoms with van der Waals surface area (Å²) >= 11 is 1.65. The normalized spacial score (nSPS) is 21.7. The maximum Gasteiger partial charge on any atom is 0.279 e. The van der Waals surface area contributed by atoms with Crippen LogP contribution >= 0.6 is 11.8 Å². The highest BCUT2D eigenvalue weighted by atomic mass is 32.2. The fourth-order valence-corrected chi connectivity index (χ4v) is 4.20. The molecule has 1 aliphatic heterocycles. The second kappa shape index (κ2) is 9.18. The van der Waals surface area contributed by atoms with Gasteiger partial charge in [0.15, 0.2) is 0 Å². The van der Waals surface area contributed by atoms with Crippen LogP contribution in [0.4, 0.5) is 0 Å². The first-order valence-corrected chi connectivity index (χ1v) is 9.91. The van der Waals surface area contributed by atoms with Gasteiger partial charge < -0.3 is 5.32 Å². The molecule has 114 valence electrons. The summed E-state index contributed by atoms with van der Waals surface area (Å²) in [6.45, 7) is 4.98. The second-order valence-corrected chi connectivity index (χ2v) is 7.55. The minimum atomic E-state index is -3.31. The molecule has 1 heterocycles. The summed E-state index contributed by atoms with van der Waals surface area (Å²) in [6, 6.07) is 0.104. The molecule has 0 aromatic heterocycles. The number of thioether (sulfide) groups is 1. The summed E-state index contributed by atoms with van der Waals surface area (Å²) in [5.41, 5.74) is 0. The molecule has 0 saturated carbocycles. The second-order valence-electron chi connectivity index (χ2n) is 4.86. The Bertz CT molecular complexity index is 336. The van der Waals surface area contributed by atoms with E-state index in [2.05, 4.69) is 17.0 Å². The van der Waals surface area contributed by atoms with E-state index in [4.69, 9.17) is 0 Å². The van der Waals surface area contributed by atoms with Gasteiger partial charge in [0.1, 0.15) is 0 Å². The monoisotopic (exact) mass is 309 g/mol. The van der Waals surface area contributed by atoms with Crippen molar-refractivity contribution in [2.75, 3.05) is 38.2 Å². The van der Waals surface area contributed by atoms with Crippen LogP contribution in [0.15, 0.2) is 0 Å². The van der Waals surface area contributed by atoms with Gasteiger partial charge >= 0.3 is 0 Å². The predicted molar refractivity (Wildman–Crippen MR) is 82.8 cm³/mol. The van der Waals surface area contributed by atoms with Crippen LogP contribution in [0.2, 0.25) is 0 Å².